The van der Waals surface area contributed by atoms with Gasteiger partial charge >= 0.3 is 6.09 Å². The number of ketones is 1. The maximum Gasteiger partial charge on any atom is 0.407 e. The molecular formula is C30H39NO5Si. The molecule has 6 nitrogen and oxygen atoms in total. The zero-order chi connectivity index (χ0) is 27.4. The van der Waals surface area contributed by atoms with E-state index < -0.39 is 20.0 Å². The van der Waals surface area contributed by atoms with Crippen LogP contribution < -0.4 is 14.5 Å². The summed E-state index contributed by atoms with van der Waals surface area (Å²) in [7, 11) is -1.93. The molecular weight excluding hydrogens is 482 g/mol. The van der Waals surface area contributed by atoms with Crippen molar-refractivity contribution < 1.29 is 23.5 Å². The highest BCUT2D eigenvalue weighted by molar-refractivity contribution is 6.74. The predicted molar refractivity (Wildman–Crippen MR) is 151 cm³/mol. The van der Waals surface area contributed by atoms with Gasteiger partial charge in [0.1, 0.15) is 23.7 Å². The van der Waals surface area contributed by atoms with Crippen molar-refractivity contribution in [2.45, 2.75) is 65.3 Å². The maximum absolute atomic E-state index is 13.2. The van der Waals surface area contributed by atoms with Gasteiger partial charge in [-0.2, -0.15) is 0 Å². The molecule has 0 radical (unpaired) electrons. The minimum atomic E-state index is -1.93. The van der Waals surface area contributed by atoms with E-state index in [9.17, 15) is 9.59 Å². The van der Waals surface area contributed by atoms with E-state index in [4.69, 9.17) is 13.9 Å². The van der Waals surface area contributed by atoms with Crippen LogP contribution in [-0.2, 0) is 4.74 Å². The normalized spacial score (nSPS) is 12.2. The standard InChI is InChI=1S/C30H39NO5Si/c1-29(2,3)35-28(33)31-16-17-34-25-11-9-10-23(20-25)27(32)24-13-12-22-19-26(15-14-21(22)18-24)36-37(7,8)30(4,5)6/h9-15,18-20H,16-17H2,1-8H3,(H,31,33). The molecule has 0 saturated heterocycles. The number of hydrogen-bond donors (Lipinski definition) is 1. The Morgan fingerprint density at radius 1 is 0.811 bits per heavy atom. The van der Waals surface area contributed by atoms with Gasteiger partial charge in [0.15, 0.2) is 5.78 Å². The molecule has 0 atom stereocenters. The van der Waals surface area contributed by atoms with E-state index in [1.807, 2.05) is 57.2 Å². The number of benzene rings is 3. The molecule has 0 bridgehead atoms. The second kappa shape index (κ2) is 11.0. The zero-order valence-electron chi connectivity index (χ0n) is 23.2. The minimum absolute atomic E-state index is 0.0826. The smallest absolute Gasteiger partial charge is 0.407 e. The monoisotopic (exact) mass is 521 g/mol. The molecule has 3 aromatic carbocycles. The summed E-state index contributed by atoms with van der Waals surface area (Å²) in [5.74, 6) is 1.34. The van der Waals surface area contributed by atoms with Crippen molar-refractivity contribution in [3.05, 3.63) is 71.8 Å². The van der Waals surface area contributed by atoms with Crippen molar-refractivity contribution in [1.82, 2.24) is 5.32 Å². The van der Waals surface area contributed by atoms with E-state index in [1.54, 1.807) is 24.3 Å². The maximum atomic E-state index is 13.2. The first kappa shape index (κ1) is 28.3. The Hall–Kier alpha value is -3.32. The summed E-state index contributed by atoms with van der Waals surface area (Å²) < 4.78 is 17.4. The van der Waals surface area contributed by atoms with E-state index in [2.05, 4.69) is 39.2 Å². The third-order valence-electron chi connectivity index (χ3n) is 6.39. The third kappa shape index (κ3) is 7.83. The van der Waals surface area contributed by atoms with Gasteiger partial charge < -0.3 is 19.2 Å². The summed E-state index contributed by atoms with van der Waals surface area (Å²) in [5, 5.41) is 4.78. The Kier molecular flexibility index (Phi) is 8.37. The number of alkyl carbamates (subject to hydrolysis) is 1. The zero-order valence-corrected chi connectivity index (χ0v) is 24.2. The Bertz CT molecular complexity index is 1270. The number of hydrogen-bond acceptors (Lipinski definition) is 5. The molecule has 1 amide bonds. The van der Waals surface area contributed by atoms with Crippen LogP contribution in [0.25, 0.3) is 10.8 Å². The molecule has 0 fully saturated rings. The summed E-state index contributed by atoms with van der Waals surface area (Å²) in [5.41, 5.74) is 0.590. The van der Waals surface area contributed by atoms with Crippen LogP contribution in [0.2, 0.25) is 18.1 Å². The number of rotatable bonds is 8. The van der Waals surface area contributed by atoms with E-state index in [0.717, 1.165) is 16.5 Å². The van der Waals surface area contributed by atoms with Crippen molar-refractivity contribution >= 4 is 31.0 Å². The average molecular weight is 522 g/mol. The molecule has 3 aromatic rings. The first-order valence-electron chi connectivity index (χ1n) is 12.6. The largest absolute Gasteiger partial charge is 0.543 e. The molecule has 0 aromatic heterocycles. The lowest BCUT2D eigenvalue weighted by Gasteiger charge is -2.36. The summed E-state index contributed by atoms with van der Waals surface area (Å²) in [6, 6.07) is 18.8. The minimum Gasteiger partial charge on any atom is -0.543 e. The van der Waals surface area contributed by atoms with Crippen molar-refractivity contribution in [2.75, 3.05) is 13.2 Å². The fourth-order valence-electron chi connectivity index (χ4n) is 3.41. The van der Waals surface area contributed by atoms with Gasteiger partial charge in [0.2, 0.25) is 8.32 Å². The molecule has 0 aliphatic carbocycles. The second-order valence-electron chi connectivity index (χ2n) is 11.7. The molecule has 7 heteroatoms. The highest BCUT2D eigenvalue weighted by Gasteiger charge is 2.39. The van der Waals surface area contributed by atoms with E-state index in [0.29, 0.717) is 23.4 Å². The molecule has 1 N–H and O–H groups in total. The predicted octanol–water partition coefficient (Wildman–Crippen LogP) is 7.36. The number of fused-ring (bicyclic) bond motifs is 1. The number of amides is 1. The molecule has 0 unspecified atom stereocenters. The lowest BCUT2D eigenvalue weighted by Crippen LogP contribution is -2.43. The van der Waals surface area contributed by atoms with Crippen LogP contribution in [0.15, 0.2) is 60.7 Å². The summed E-state index contributed by atoms with van der Waals surface area (Å²) in [6.07, 6.45) is -0.491. The first-order chi connectivity index (χ1) is 17.1. The molecule has 37 heavy (non-hydrogen) atoms. The van der Waals surface area contributed by atoms with Crippen LogP contribution in [0.1, 0.15) is 57.5 Å². The van der Waals surface area contributed by atoms with Crippen molar-refractivity contribution in [3.63, 3.8) is 0 Å². The van der Waals surface area contributed by atoms with E-state index in [-0.39, 0.29) is 17.4 Å². The highest BCUT2D eigenvalue weighted by atomic mass is 28.4. The van der Waals surface area contributed by atoms with Crippen molar-refractivity contribution in [2.24, 2.45) is 0 Å². The van der Waals surface area contributed by atoms with Crippen molar-refractivity contribution in [1.29, 1.82) is 0 Å². The number of nitrogens with one attached hydrogen (secondary N) is 1. The number of carbonyl (C=O) groups is 2. The highest BCUT2D eigenvalue weighted by Crippen LogP contribution is 2.38. The van der Waals surface area contributed by atoms with Crippen LogP contribution in [0.5, 0.6) is 11.5 Å². The van der Waals surface area contributed by atoms with Gasteiger partial charge in [-0.15, -0.1) is 0 Å². The summed E-state index contributed by atoms with van der Waals surface area (Å²) in [4.78, 5) is 25.0. The molecule has 0 aliphatic rings. The van der Waals surface area contributed by atoms with Crippen LogP contribution in [0, 0.1) is 0 Å². The van der Waals surface area contributed by atoms with Gasteiger partial charge in [-0.05, 0) is 80.0 Å². The molecule has 0 saturated carbocycles. The molecule has 0 spiro atoms. The van der Waals surface area contributed by atoms with Crippen LogP contribution in [0.4, 0.5) is 4.79 Å². The topological polar surface area (TPSA) is 73.9 Å². The molecule has 0 heterocycles. The SMILES string of the molecule is CC(C)(C)OC(=O)NCCOc1cccc(C(=O)c2ccc3cc(O[Si](C)(C)C(C)(C)C)ccc3c2)c1. The Balaban J connectivity index is 1.66. The molecule has 3 rings (SSSR count). The Labute approximate surface area is 221 Å². The third-order valence-corrected chi connectivity index (χ3v) is 10.7. The van der Waals surface area contributed by atoms with Crippen LogP contribution in [-0.4, -0.2) is 38.9 Å². The fourth-order valence-corrected chi connectivity index (χ4v) is 4.43. The lowest BCUT2D eigenvalue weighted by atomic mass is 10.00. The van der Waals surface area contributed by atoms with E-state index in [1.165, 1.54) is 0 Å². The van der Waals surface area contributed by atoms with Gasteiger partial charge in [0, 0.05) is 11.1 Å². The number of ether oxygens (including phenoxy) is 2. The van der Waals surface area contributed by atoms with Crippen LogP contribution >= 0.6 is 0 Å². The summed E-state index contributed by atoms with van der Waals surface area (Å²) >= 11 is 0. The van der Waals surface area contributed by atoms with Gasteiger partial charge in [0.25, 0.3) is 0 Å². The van der Waals surface area contributed by atoms with Gasteiger partial charge in [-0.3, -0.25) is 4.79 Å². The van der Waals surface area contributed by atoms with Gasteiger partial charge in [0.05, 0.1) is 6.54 Å². The Morgan fingerprint density at radius 2 is 1.46 bits per heavy atom. The van der Waals surface area contributed by atoms with Gasteiger partial charge in [-0.25, -0.2) is 4.79 Å². The summed E-state index contributed by atoms with van der Waals surface area (Å²) in [6.45, 7) is 17.1. The first-order valence-corrected chi connectivity index (χ1v) is 15.5. The van der Waals surface area contributed by atoms with Gasteiger partial charge in [-0.1, -0.05) is 51.1 Å². The quantitative estimate of drug-likeness (QED) is 0.190. The second-order valence-corrected chi connectivity index (χ2v) is 16.4. The average Bonchev–Trinajstić information content (AvgIpc) is 2.79. The van der Waals surface area contributed by atoms with Crippen molar-refractivity contribution in [3.8, 4) is 11.5 Å². The van der Waals surface area contributed by atoms with Crippen LogP contribution in [0.3, 0.4) is 0 Å². The molecule has 198 valence electrons. The number of carbonyl (C=O) groups excluding carboxylic acids is 2. The Morgan fingerprint density at radius 3 is 2.14 bits per heavy atom. The lowest BCUT2D eigenvalue weighted by molar-refractivity contribution is 0.0520. The molecule has 0 aliphatic heterocycles. The van der Waals surface area contributed by atoms with E-state index >= 15 is 0 Å². The fraction of sp³-hybridized carbons (Fsp3) is 0.400.